The Kier molecular flexibility index (Phi) is 4.74. The van der Waals surface area contributed by atoms with Gasteiger partial charge in [-0.2, -0.15) is 0 Å². The third-order valence-corrected chi connectivity index (χ3v) is 2.99. The summed E-state index contributed by atoms with van der Waals surface area (Å²) in [5.41, 5.74) is 2.43. The zero-order valence-electron chi connectivity index (χ0n) is 10.1. The number of thiocarbonyl (C=S) groups is 1. The lowest BCUT2D eigenvalue weighted by atomic mass is 10.2. The van der Waals surface area contributed by atoms with Gasteiger partial charge in [0.05, 0.1) is 6.61 Å². The minimum absolute atomic E-state index is 0.0350. The van der Waals surface area contributed by atoms with Gasteiger partial charge < -0.3 is 15.7 Å². The summed E-state index contributed by atoms with van der Waals surface area (Å²) in [4.78, 5) is 0. The lowest BCUT2D eigenvalue weighted by Crippen LogP contribution is -2.19. The van der Waals surface area contributed by atoms with Crippen LogP contribution in [0.25, 0.3) is 0 Å². The highest BCUT2D eigenvalue weighted by Crippen LogP contribution is 2.17. The van der Waals surface area contributed by atoms with E-state index >= 15 is 0 Å². The summed E-state index contributed by atoms with van der Waals surface area (Å²) in [5, 5.41) is 16.5. The van der Waals surface area contributed by atoms with E-state index in [0.29, 0.717) is 10.1 Å². The normalized spacial score (nSPS) is 10.0. The van der Waals surface area contributed by atoms with Crippen molar-refractivity contribution < 1.29 is 5.11 Å². The van der Waals surface area contributed by atoms with Crippen LogP contribution in [0.2, 0.25) is 5.02 Å². The molecule has 0 aromatic heterocycles. The van der Waals surface area contributed by atoms with Crippen LogP contribution >= 0.6 is 23.8 Å². The topological polar surface area (TPSA) is 44.3 Å². The van der Waals surface area contributed by atoms with E-state index in [2.05, 4.69) is 10.6 Å². The predicted molar refractivity (Wildman–Crippen MR) is 83.7 cm³/mol. The smallest absolute Gasteiger partial charge is 0.175 e. The molecule has 2 aromatic carbocycles. The third kappa shape index (κ3) is 3.92. The summed E-state index contributed by atoms with van der Waals surface area (Å²) in [7, 11) is 0. The second-order valence-corrected chi connectivity index (χ2v) is 4.75. The first kappa shape index (κ1) is 13.8. The van der Waals surface area contributed by atoms with Crippen LogP contribution in [-0.2, 0) is 6.61 Å². The molecule has 0 spiro atoms. The van der Waals surface area contributed by atoms with Crippen LogP contribution in [0, 0.1) is 0 Å². The Morgan fingerprint density at radius 3 is 2.42 bits per heavy atom. The summed E-state index contributed by atoms with van der Waals surface area (Å²) in [6.07, 6.45) is 0. The van der Waals surface area contributed by atoms with Crippen molar-refractivity contribution in [1.82, 2.24) is 0 Å². The van der Waals surface area contributed by atoms with Crippen LogP contribution in [0.5, 0.6) is 0 Å². The Hall–Kier alpha value is -1.62. The van der Waals surface area contributed by atoms with Crippen molar-refractivity contribution in [3.05, 3.63) is 59.1 Å². The first-order valence-electron chi connectivity index (χ1n) is 5.71. The van der Waals surface area contributed by atoms with Gasteiger partial charge in [-0.1, -0.05) is 29.8 Å². The Balaban J connectivity index is 2.03. The zero-order chi connectivity index (χ0) is 13.7. The molecule has 5 heteroatoms. The van der Waals surface area contributed by atoms with Crippen LogP contribution in [0.3, 0.4) is 0 Å². The monoisotopic (exact) mass is 292 g/mol. The van der Waals surface area contributed by atoms with E-state index in [-0.39, 0.29) is 6.61 Å². The standard InChI is InChI=1S/C14H13ClN2OS/c15-11-5-7-12(8-6-11)16-14(19)17-13-4-2-1-3-10(13)9-18/h1-8,18H,9H2,(H2,16,17,19). The quantitative estimate of drug-likeness (QED) is 0.756. The number of halogens is 1. The zero-order valence-corrected chi connectivity index (χ0v) is 11.6. The summed E-state index contributed by atoms with van der Waals surface area (Å²) >= 11 is 11.0. The summed E-state index contributed by atoms with van der Waals surface area (Å²) in [5.74, 6) is 0. The maximum atomic E-state index is 9.23. The molecule has 0 unspecified atom stereocenters. The third-order valence-electron chi connectivity index (χ3n) is 2.54. The number of benzene rings is 2. The van der Waals surface area contributed by atoms with E-state index < -0.39 is 0 Å². The van der Waals surface area contributed by atoms with Gasteiger partial charge in [-0.05, 0) is 42.5 Å². The summed E-state index contributed by atoms with van der Waals surface area (Å²) < 4.78 is 0. The van der Waals surface area contributed by atoms with Crippen LogP contribution in [0.1, 0.15) is 5.56 Å². The van der Waals surface area contributed by atoms with Crippen molar-refractivity contribution in [2.45, 2.75) is 6.61 Å². The highest BCUT2D eigenvalue weighted by Gasteiger charge is 2.03. The average Bonchev–Trinajstić information content (AvgIpc) is 2.42. The molecule has 0 saturated heterocycles. The van der Waals surface area contributed by atoms with Gasteiger partial charge in [0.2, 0.25) is 0 Å². The lowest BCUT2D eigenvalue weighted by molar-refractivity contribution is 0.282. The number of rotatable bonds is 3. The summed E-state index contributed by atoms with van der Waals surface area (Å²) in [6, 6.07) is 14.7. The van der Waals surface area contributed by atoms with Gasteiger partial charge in [-0.3, -0.25) is 0 Å². The van der Waals surface area contributed by atoms with Crippen LogP contribution in [0.15, 0.2) is 48.5 Å². The molecule has 0 aliphatic heterocycles. The van der Waals surface area contributed by atoms with E-state index in [1.54, 1.807) is 12.1 Å². The van der Waals surface area contributed by atoms with Gasteiger partial charge in [0, 0.05) is 22.0 Å². The number of nitrogens with one attached hydrogen (secondary N) is 2. The lowest BCUT2D eigenvalue weighted by Gasteiger charge is -2.13. The Morgan fingerprint density at radius 1 is 1.05 bits per heavy atom. The molecule has 0 aliphatic rings. The number of aliphatic hydroxyl groups excluding tert-OH is 1. The van der Waals surface area contributed by atoms with Crippen LogP contribution in [-0.4, -0.2) is 10.2 Å². The van der Waals surface area contributed by atoms with Gasteiger partial charge in [0.1, 0.15) is 0 Å². The highest BCUT2D eigenvalue weighted by atomic mass is 35.5. The van der Waals surface area contributed by atoms with Gasteiger partial charge in [-0.25, -0.2) is 0 Å². The molecule has 3 N–H and O–H groups in total. The van der Waals surface area contributed by atoms with Crippen molar-refractivity contribution >= 4 is 40.3 Å². The van der Waals surface area contributed by atoms with Crippen molar-refractivity contribution in [2.75, 3.05) is 10.6 Å². The minimum Gasteiger partial charge on any atom is -0.392 e. The average molecular weight is 293 g/mol. The largest absolute Gasteiger partial charge is 0.392 e. The van der Waals surface area contributed by atoms with E-state index in [4.69, 9.17) is 23.8 Å². The Labute approximate surface area is 122 Å². The molecule has 2 rings (SSSR count). The number of hydrogen-bond donors (Lipinski definition) is 3. The van der Waals surface area contributed by atoms with Crippen LogP contribution in [0.4, 0.5) is 11.4 Å². The second kappa shape index (κ2) is 6.52. The first-order chi connectivity index (χ1) is 9.19. The van der Waals surface area contributed by atoms with Gasteiger partial charge in [0.25, 0.3) is 0 Å². The summed E-state index contributed by atoms with van der Waals surface area (Å²) in [6.45, 7) is -0.0350. The maximum absolute atomic E-state index is 9.23. The molecule has 3 nitrogen and oxygen atoms in total. The molecule has 0 bridgehead atoms. The molecule has 19 heavy (non-hydrogen) atoms. The van der Waals surface area contributed by atoms with E-state index in [1.165, 1.54) is 0 Å². The SMILES string of the molecule is OCc1ccccc1NC(=S)Nc1ccc(Cl)cc1. The number of aliphatic hydroxyl groups is 1. The number of anilines is 2. The number of para-hydroxylation sites is 1. The fourth-order valence-corrected chi connectivity index (χ4v) is 1.95. The van der Waals surface area contributed by atoms with Crippen molar-refractivity contribution in [3.8, 4) is 0 Å². The van der Waals surface area contributed by atoms with Gasteiger partial charge in [-0.15, -0.1) is 0 Å². The molecular formula is C14H13ClN2OS. The fourth-order valence-electron chi connectivity index (χ4n) is 1.60. The van der Waals surface area contributed by atoms with Crippen molar-refractivity contribution in [3.63, 3.8) is 0 Å². The van der Waals surface area contributed by atoms with Gasteiger partial charge in [0.15, 0.2) is 5.11 Å². The molecule has 0 aliphatic carbocycles. The molecule has 0 atom stereocenters. The molecule has 0 amide bonds. The maximum Gasteiger partial charge on any atom is 0.175 e. The van der Waals surface area contributed by atoms with E-state index in [9.17, 15) is 5.11 Å². The molecule has 2 aromatic rings. The molecule has 0 heterocycles. The molecule has 0 fully saturated rings. The van der Waals surface area contributed by atoms with Crippen LogP contribution < -0.4 is 10.6 Å². The van der Waals surface area contributed by atoms with Crippen molar-refractivity contribution in [2.24, 2.45) is 0 Å². The van der Waals surface area contributed by atoms with E-state index in [1.807, 2.05) is 36.4 Å². The first-order valence-corrected chi connectivity index (χ1v) is 6.50. The van der Waals surface area contributed by atoms with Gasteiger partial charge >= 0.3 is 0 Å². The predicted octanol–water partition coefficient (Wildman–Crippen LogP) is 3.64. The highest BCUT2D eigenvalue weighted by molar-refractivity contribution is 7.80. The Bertz CT molecular complexity index is 572. The van der Waals surface area contributed by atoms with Crippen molar-refractivity contribution in [1.29, 1.82) is 0 Å². The molecule has 0 radical (unpaired) electrons. The molecular weight excluding hydrogens is 280 g/mol. The Morgan fingerprint density at radius 2 is 1.74 bits per heavy atom. The number of hydrogen-bond acceptors (Lipinski definition) is 2. The molecule has 98 valence electrons. The fraction of sp³-hybridized carbons (Fsp3) is 0.0714. The van der Waals surface area contributed by atoms with E-state index in [0.717, 1.165) is 16.9 Å². The molecule has 0 saturated carbocycles. The second-order valence-electron chi connectivity index (χ2n) is 3.90. The minimum atomic E-state index is -0.0350.